The first-order valence-electron chi connectivity index (χ1n) is 8.14. The highest BCUT2D eigenvalue weighted by molar-refractivity contribution is 5.88. The van der Waals surface area contributed by atoms with Crippen molar-refractivity contribution in [3.63, 3.8) is 0 Å². The largest absolute Gasteiger partial charge is 0.326 e. The standard InChI is InChI=1S/C18H28N2O/c1-5-15-9-10-18(12(15)2)19-13(3)16-7-6-8-17(11-16)20-14(4)21/h6-8,11-13,15,18-19H,5,9-10H2,1-4H3,(H,20,21). The van der Waals surface area contributed by atoms with Gasteiger partial charge in [-0.25, -0.2) is 0 Å². The lowest BCUT2D eigenvalue weighted by Gasteiger charge is -2.25. The van der Waals surface area contributed by atoms with Gasteiger partial charge in [0.2, 0.25) is 5.91 Å². The van der Waals surface area contributed by atoms with Gasteiger partial charge in [-0.15, -0.1) is 0 Å². The molecule has 21 heavy (non-hydrogen) atoms. The van der Waals surface area contributed by atoms with E-state index in [1.807, 2.05) is 12.1 Å². The number of amides is 1. The molecule has 1 aromatic rings. The van der Waals surface area contributed by atoms with E-state index in [1.54, 1.807) is 6.92 Å². The average molecular weight is 288 g/mol. The minimum Gasteiger partial charge on any atom is -0.326 e. The third kappa shape index (κ3) is 4.07. The summed E-state index contributed by atoms with van der Waals surface area (Å²) in [5.74, 6) is 1.58. The van der Waals surface area contributed by atoms with Gasteiger partial charge in [0.1, 0.15) is 0 Å². The van der Waals surface area contributed by atoms with E-state index in [1.165, 1.54) is 24.8 Å². The molecule has 0 bridgehead atoms. The second-order valence-electron chi connectivity index (χ2n) is 6.41. The summed E-state index contributed by atoms with van der Waals surface area (Å²) in [6, 6.07) is 9.04. The zero-order valence-electron chi connectivity index (χ0n) is 13.6. The fourth-order valence-electron chi connectivity index (χ4n) is 3.57. The molecular weight excluding hydrogens is 260 g/mol. The molecule has 1 amide bonds. The summed E-state index contributed by atoms with van der Waals surface area (Å²) < 4.78 is 0. The van der Waals surface area contributed by atoms with Crippen LogP contribution in [-0.4, -0.2) is 11.9 Å². The smallest absolute Gasteiger partial charge is 0.221 e. The SMILES string of the molecule is CCC1CCC(NC(C)c2cccc(NC(C)=O)c2)C1C. The van der Waals surface area contributed by atoms with E-state index in [9.17, 15) is 4.79 Å². The number of rotatable bonds is 5. The predicted molar refractivity (Wildman–Crippen MR) is 88.3 cm³/mol. The third-order valence-corrected chi connectivity index (χ3v) is 4.92. The fraction of sp³-hybridized carbons (Fsp3) is 0.611. The van der Waals surface area contributed by atoms with Crippen LogP contribution in [0.2, 0.25) is 0 Å². The number of carbonyl (C=O) groups excluding carboxylic acids is 1. The number of nitrogens with one attached hydrogen (secondary N) is 2. The Bertz CT molecular complexity index is 486. The van der Waals surface area contributed by atoms with Crippen LogP contribution in [0.15, 0.2) is 24.3 Å². The van der Waals surface area contributed by atoms with Crippen molar-refractivity contribution >= 4 is 11.6 Å². The number of hydrogen-bond acceptors (Lipinski definition) is 2. The molecule has 1 fully saturated rings. The number of anilines is 1. The summed E-state index contributed by atoms with van der Waals surface area (Å²) in [6.45, 7) is 8.42. The Hall–Kier alpha value is -1.35. The number of hydrogen-bond donors (Lipinski definition) is 2. The first-order valence-corrected chi connectivity index (χ1v) is 8.14. The minimum absolute atomic E-state index is 0.0250. The van der Waals surface area contributed by atoms with Gasteiger partial charge in [0.25, 0.3) is 0 Å². The Morgan fingerprint density at radius 3 is 2.76 bits per heavy atom. The molecule has 116 valence electrons. The maximum Gasteiger partial charge on any atom is 0.221 e. The Kier molecular flexibility index (Phi) is 5.40. The zero-order valence-corrected chi connectivity index (χ0v) is 13.6. The van der Waals surface area contributed by atoms with Gasteiger partial charge in [-0.2, -0.15) is 0 Å². The first-order chi connectivity index (χ1) is 10.0. The van der Waals surface area contributed by atoms with Crippen LogP contribution >= 0.6 is 0 Å². The second-order valence-corrected chi connectivity index (χ2v) is 6.41. The van der Waals surface area contributed by atoms with E-state index in [0.717, 1.165) is 17.5 Å². The number of benzene rings is 1. The van der Waals surface area contributed by atoms with Gasteiger partial charge in [-0.3, -0.25) is 4.79 Å². The van der Waals surface area contributed by atoms with E-state index in [-0.39, 0.29) is 5.91 Å². The van der Waals surface area contributed by atoms with Crippen LogP contribution in [0.4, 0.5) is 5.69 Å². The van der Waals surface area contributed by atoms with Crippen LogP contribution in [0, 0.1) is 11.8 Å². The molecule has 3 nitrogen and oxygen atoms in total. The molecule has 0 radical (unpaired) electrons. The summed E-state index contributed by atoms with van der Waals surface area (Å²) in [6.07, 6.45) is 3.90. The summed E-state index contributed by atoms with van der Waals surface area (Å²) >= 11 is 0. The molecule has 2 rings (SSSR count). The molecule has 1 aliphatic rings. The Morgan fingerprint density at radius 1 is 1.38 bits per heavy atom. The van der Waals surface area contributed by atoms with Crippen molar-refractivity contribution in [2.75, 3.05) is 5.32 Å². The average Bonchev–Trinajstić information content (AvgIpc) is 2.79. The van der Waals surface area contributed by atoms with Crippen LogP contribution in [0.1, 0.15) is 58.6 Å². The van der Waals surface area contributed by atoms with Crippen molar-refractivity contribution in [2.45, 2.75) is 59.0 Å². The van der Waals surface area contributed by atoms with Crippen molar-refractivity contribution in [3.05, 3.63) is 29.8 Å². The summed E-state index contributed by atoms with van der Waals surface area (Å²) in [4.78, 5) is 11.2. The van der Waals surface area contributed by atoms with Crippen molar-refractivity contribution in [2.24, 2.45) is 11.8 Å². The van der Waals surface area contributed by atoms with Gasteiger partial charge in [0.15, 0.2) is 0 Å². The molecule has 0 saturated heterocycles. The van der Waals surface area contributed by atoms with Gasteiger partial charge < -0.3 is 10.6 Å². The monoisotopic (exact) mass is 288 g/mol. The predicted octanol–water partition coefficient (Wildman–Crippen LogP) is 4.12. The molecule has 3 heteroatoms. The van der Waals surface area contributed by atoms with Crippen molar-refractivity contribution in [3.8, 4) is 0 Å². The molecule has 1 saturated carbocycles. The molecule has 0 aliphatic heterocycles. The maximum atomic E-state index is 11.2. The lowest BCUT2D eigenvalue weighted by atomic mass is 9.93. The molecule has 0 spiro atoms. The van der Waals surface area contributed by atoms with Crippen LogP contribution in [0.25, 0.3) is 0 Å². The highest BCUT2D eigenvalue weighted by atomic mass is 16.1. The Labute approximate surface area is 128 Å². The Morgan fingerprint density at radius 2 is 2.14 bits per heavy atom. The summed E-state index contributed by atoms with van der Waals surface area (Å²) in [7, 11) is 0. The number of carbonyl (C=O) groups is 1. The van der Waals surface area contributed by atoms with E-state index < -0.39 is 0 Å². The maximum absolute atomic E-state index is 11.2. The van der Waals surface area contributed by atoms with Gasteiger partial charge >= 0.3 is 0 Å². The topological polar surface area (TPSA) is 41.1 Å². The van der Waals surface area contributed by atoms with Crippen LogP contribution in [0.5, 0.6) is 0 Å². The lowest BCUT2D eigenvalue weighted by molar-refractivity contribution is -0.114. The van der Waals surface area contributed by atoms with Crippen LogP contribution in [-0.2, 0) is 4.79 Å². The van der Waals surface area contributed by atoms with Gasteiger partial charge in [0, 0.05) is 24.7 Å². The van der Waals surface area contributed by atoms with Gasteiger partial charge in [-0.1, -0.05) is 32.4 Å². The molecule has 1 aliphatic carbocycles. The van der Waals surface area contributed by atoms with Crippen LogP contribution < -0.4 is 10.6 Å². The van der Waals surface area contributed by atoms with E-state index in [0.29, 0.717) is 12.1 Å². The van der Waals surface area contributed by atoms with Crippen molar-refractivity contribution < 1.29 is 4.79 Å². The molecule has 2 N–H and O–H groups in total. The Balaban J connectivity index is 2.00. The first kappa shape index (κ1) is 16.0. The van der Waals surface area contributed by atoms with Gasteiger partial charge in [-0.05, 0) is 49.3 Å². The molecular formula is C18H28N2O. The summed E-state index contributed by atoms with van der Waals surface area (Å²) in [5.41, 5.74) is 2.10. The quantitative estimate of drug-likeness (QED) is 0.855. The zero-order chi connectivity index (χ0) is 15.4. The van der Waals surface area contributed by atoms with E-state index in [2.05, 4.69) is 43.5 Å². The van der Waals surface area contributed by atoms with E-state index in [4.69, 9.17) is 0 Å². The third-order valence-electron chi connectivity index (χ3n) is 4.92. The minimum atomic E-state index is -0.0250. The van der Waals surface area contributed by atoms with E-state index >= 15 is 0 Å². The van der Waals surface area contributed by atoms with Crippen LogP contribution in [0.3, 0.4) is 0 Å². The molecule has 4 atom stereocenters. The van der Waals surface area contributed by atoms with Gasteiger partial charge in [0.05, 0.1) is 0 Å². The van der Waals surface area contributed by atoms with Crippen molar-refractivity contribution in [1.29, 1.82) is 0 Å². The lowest BCUT2D eigenvalue weighted by Crippen LogP contribution is -2.34. The van der Waals surface area contributed by atoms with Crippen molar-refractivity contribution in [1.82, 2.24) is 5.32 Å². The highest BCUT2D eigenvalue weighted by Gasteiger charge is 2.32. The fourth-order valence-corrected chi connectivity index (χ4v) is 3.57. The molecule has 0 aromatic heterocycles. The molecule has 0 heterocycles. The normalized spacial score (nSPS) is 26.6. The summed E-state index contributed by atoms with van der Waals surface area (Å²) in [5, 5.41) is 6.63. The molecule has 1 aromatic carbocycles. The molecule has 4 unspecified atom stereocenters. The highest BCUT2D eigenvalue weighted by Crippen LogP contribution is 2.35. The second kappa shape index (κ2) is 7.08.